The zero-order valence-electron chi connectivity index (χ0n) is 21.2. The highest BCUT2D eigenvalue weighted by Crippen LogP contribution is 2.39. The van der Waals surface area contributed by atoms with Gasteiger partial charge in [-0.3, -0.25) is 9.88 Å². The van der Waals surface area contributed by atoms with E-state index in [0.717, 1.165) is 64.2 Å². The molecule has 0 bridgehead atoms. The van der Waals surface area contributed by atoms with E-state index in [-0.39, 0.29) is 12.1 Å². The molecule has 0 aromatic carbocycles. The Morgan fingerprint density at radius 3 is 2.83 bits per heavy atom. The van der Waals surface area contributed by atoms with Crippen LogP contribution in [0.2, 0.25) is 0 Å². The van der Waals surface area contributed by atoms with E-state index in [0.29, 0.717) is 12.6 Å². The number of morpholine rings is 1. The molecule has 4 heterocycles. The van der Waals surface area contributed by atoms with Gasteiger partial charge in [-0.2, -0.15) is 0 Å². The molecule has 1 atom stereocenters. The molecule has 2 amide bonds. The molecule has 2 aliphatic heterocycles. The second-order valence-corrected chi connectivity index (χ2v) is 11.7. The van der Waals surface area contributed by atoms with Crippen LogP contribution in [0.15, 0.2) is 42.1 Å². The lowest BCUT2D eigenvalue weighted by Crippen LogP contribution is -2.49. The summed E-state index contributed by atoms with van der Waals surface area (Å²) in [6, 6.07) is 7.47. The van der Waals surface area contributed by atoms with Gasteiger partial charge in [-0.1, -0.05) is 25.0 Å². The Labute approximate surface area is 218 Å². The fraction of sp³-hybridized carbons (Fsp3) is 0.517. The number of aromatic nitrogens is 1. The standard InChI is InChI=1S/C29H36N4O2S/c1-20-16-21(10-11-33(20)29(34)31-23-4-2-3-5-23)25-7-8-27-26(25)17-22(18-30-27)28-9-6-24(36-28)19-32-12-14-35-15-13-32/h6-7,9-10,17-18,20,23H,2-5,8,11-16,19H2,1H3,(H,31,34). The highest BCUT2D eigenvalue weighted by molar-refractivity contribution is 7.15. The number of allylic oxidation sites excluding steroid dienone is 2. The summed E-state index contributed by atoms with van der Waals surface area (Å²) in [5.41, 5.74) is 6.28. The number of nitrogens with one attached hydrogen (secondary N) is 1. The first-order chi connectivity index (χ1) is 17.6. The number of amides is 2. The number of hydrogen-bond acceptors (Lipinski definition) is 5. The third-order valence-corrected chi connectivity index (χ3v) is 9.18. The van der Waals surface area contributed by atoms with E-state index in [1.165, 1.54) is 44.9 Å². The fourth-order valence-electron chi connectivity index (χ4n) is 5.97. The molecular formula is C29H36N4O2S. The number of ether oxygens (including phenoxy) is 1. The van der Waals surface area contributed by atoms with Crippen molar-refractivity contribution in [2.75, 3.05) is 32.8 Å². The second-order valence-electron chi connectivity index (χ2n) is 10.6. The van der Waals surface area contributed by atoms with Gasteiger partial charge in [-0.15, -0.1) is 11.3 Å². The molecule has 7 heteroatoms. The first-order valence-electron chi connectivity index (χ1n) is 13.5. The van der Waals surface area contributed by atoms with E-state index in [1.807, 2.05) is 22.4 Å². The van der Waals surface area contributed by atoms with Gasteiger partial charge < -0.3 is 15.0 Å². The lowest BCUT2D eigenvalue weighted by molar-refractivity contribution is 0.0346. The van der Waals surface area contributed by atoms with Crippen LogP contribution in [0.5, 0.6) is 0 Å². The minimum absolute atomic E-state index is 0.0973. The molecule has 0 radical (unpaired) electrons. The van der Waals surface area contributed by atoms with Gasteiger partial charge in [0.05, 0.1) is 18.9 Å². The average molecular weight is 505 g/mol. The molecule has 1 N–H and O–H groups in total. The van der Waals surface area contributed by atoms with Crippen molar-refractivity contribution in [3.63, 3.8) is 0 Å². The minimum atomic E-state index is 0.0973. The zero-order valence-corrected chi connectivity index (χ0v) is 22.0. The van der Waals surface area contributed by atoms with Gasteiger partial charge >= 0.3 is 6.03 Å². The number of carbonyl (C=O) groups is 1. The third-order valence-electron chi connectivity index (χ3n) is 8.06. The van der Waals surface area contributed by atoms with Crippen LogP contribution in [0.1, 0.15) is 55.2 Å². The zero-order chi connectivity index (χ0) is 24.5. The van der Waals surface area contributed by atoms with Crippen molar-refractivity contribution in [2.24, 2.45) is 0 Å². The number of fused-ring (bicyclic) bond motifs is 1. The lowest BCUT2D eigenvalue weighted by Gasteiger charge is -2.34. The summed E-state index contributed by atoms with van der Waals surface area (Å²) >= 11 is 1.87. The van der Waals surface area contributed by atoms with Crippen molar-refractivity contribution in [2.45, 2.75) is 64.1 Å². The Morgan fingerprint density at radius 1 is 1.19 bits per heavy atom. The van der Waals surface area contributed by atoms with Crippen molar-refractivity contribution in [3.05, 3.63) is 58.3 Å². The molecule has 2 fully saturated rings. The normalized spacial score (nSPS) is 22.9. The molecule has 1 saturated carbocycles. The molecule has 6 rings (SSSR count). The second kappa shape index (κ2) is 10.5. The van der Waals surface area contributed by atoms with Gasteiger partial charge in [0.15, 0.2) is 0 Å². The molecule has 1 saturated heterocycles. The largest absolute Gasteiger partial charge is 0.379 e. The molecule has 190 valence electrons. The van der Waals surface area contributed by atoms with E-state index in [2.05, 4.69) is 47.5 Å². The fourth-order valence-corrected chi connectivity index (χ4v) is 7.00. The SMILES string of the molecule is CC1CC(C2=CCc3ncc(-c4ccc(CN5CCOCC5)s4)cc32)=CCN1C(=O)NC1CCCC1. The molecule has 2 aromatic rings. The number of nitrogens with zero attached hydrogens (tertiary/aromatic N) is 3. The van der Waals surface area contributed by atoms with Crippen LogP contribution in [0.4, 0.5) is 4.79 Å². The highest BCUT2D eigenvalue weighted by atomic mass is 32.1. The highest BCUT2D eigenvalue weighted by Gasteiger charge is 2.29. The maximum atomic E-state index is 12.9. The number of carbonyl (C=O) groups excluding carboxylic acids is 1. The number of urea groups is 1. The van der Waals surface area contributed by atoms with Crippen LogP contribution in [-0.4, -0.2) is 65.7 Å². The Kier molecular flexibility index (Phi) is 6.96. The van der Waals surface area contributed by atoms with E-state index < -0.39 is 0 Å². The summed E-state index contributed by atoms with van der Waals surface area (Å²) in [7, 11) is 0. The summed E-state index contributed by atoms with van der Waals surface area (Å²) in [5, 5.41) is 3.26. The number of pyridine rings is 1. The molecule has 2 aliphatic carbocycles. The van der Waals surface area contributed by atoms with E-state index >= 15 is 0 Å². The van der Waals surface area contributed by atoms with Crippen LogP contribution < -0.4 is 5.32 Å². The third kappa shape index (κ3) is 5.01. The predicted molar refractivity (Wildman–Crippen MR) is 145 cm³/mol. The summed E-state index contributed by atoms with van der Waals surface area (Å²) < 4.78 is 5.49. The van der Waals surface area contributed by atoms with E-state index in [4.69, 9.17) is 9.72 Å². The Balaban J connectivity index is 1.15. The smallest absolute Gasteiger partial charge is 0.318 e. The van der Waals surface area contributed by atoms with Gasteiger partial charge in [0.25, 0.3) is 0 Å². The Morgan fingerprint density at radius 2 is 2.03 bits per heavy atom. The molecule has 6 nitrogen and oxygen atoms in total. The van der Waals surface area contributed by atoms with Crippen molar-refractivity contribution in [1.29, 1.82) is 0 Å². The molecular weight excluding hydrogens is 468 g/mol. The van der Waals surface area contributed by atoms with Crippen molar-refractivity contribution in [1.82, 2.24) is 20.1 Å². The Hall–Kier alpha value is -2.48. The minimum Gasteiger partial charge on any atom is -0.379 e. The van der Waals surface area contributed by atoms with Crippen LogP contribution >= 0.6 is 11.3 Å². The predicted octanol–water partition coefficient (Wildman–Crippen LogP) is 5.25. The first-order valence-corrected chi connectivity index (χ1v) is 14.3. The Bertz CT molecular complexity index is 1170. The van der Waals surface area contributed by atoms with Crippen molar-refractivity contribution >= 4 is 22.9 Å². The summed E-state index contributed by atoms with van der Waals surface area (Å²) in [4.78, 5) is 24.9. The lowest BCUT2D eigenvalue weighted by atomic mass is 9.91. The van der Waals surface area contributed by atoms with Crippen LogP contribution in [0.3, 0.4) is 0 Å². The summed E-state index contributed by atoms with van der Waals surface area (Å²) in [5.74, 6) is 0. The maximum absolute atomic E-state index is 12.9. The van der Waals surface area contributed by atoms with Gasteiger partial charge in [0.2, 0.25) is 0 Å². The van der Waals surface area contributed by atoms with Crippen molar-refractivity contribution < 1.29 is 9.53 Å². The summed E-state index contributed by atoms with van der Waals surface area (Å²) in [6.07, 6.45) is 13.1. The molecule has 1 unspecified atom stereocenters. The molecule has 0 spiro atoms. The number of thiophene rings is 1. The maximum Gasteiger partial charge on any atom is 0.318 e. The van der Waals surface area contributed by atoms with E-state index in [9.17, 15) is 4.79 Å². The van der Waals surface area contributed by atoms with Gasteiger partial charge in [0, 0.05) is 71.8 Å². The van der Waals surface area contributed by atoms with Crippen LogP contribution in [0, 0.1) is 0 Å². The molecule has 4 aliphatic rings. The van der Waals surface area contributed by atoms with Gasteiger partial charge in [0.1, 0.15) is 0 Å². The van der Waals surface area contributed by atoms with Gasteiger partial charge in [-0.25, -0.2) is 4.79 Å². The molecule has 2 aromatic heterocycles. The van der Waals surface area contributed by atoms with Gasteiger partial charge in [-0.05, 0) is 55.5 Å². The number of hydrogen-bond donors (Lipinski definition) is 1. The summed E-state index contributed by atoms with van der Waals surface area (Å²) in [6.45, 7) is 7.52. The number of rotatable bonds is 5. The monoisotopic (exact) mass is 504 g/mol. The first kappa shape index (κ1) is 23.9. The van der Waals surface area contributed by atoms with Crippen LogP contribution in [0.25, 0.3) is 16.0 Å². The van der Waals surface area contributed by atoms with E-state index in [1.54, 1.807) is 0 Å². The topological polar surface area (TPSA) is 57.7 Å². The van der Waals surface area contributed by atoms with Crippen molar-refractivity contribution in [3.8, 4) is 10.4 Å². The molecule has 36 heavy (non-hydrogen) atoms. The average Bonchev–Trinajstić information content (AvgIpc) is 3.65. The quantitative estimate of drug-likeness (QED) is 0.604. The van der Waals surface area contributed by atoms with Crippen LogP contribution in [-0.2, 0) is 17.7 Å².